The van der Waals surface area contributed by atoms with E-state index in [9.17, 15) is 0 Å². The minimum absolute atomic E-state index is 0.573. The maximum absolute atomic E-state index is 4.11. The second kappa shape index (κ2) is 10.4. The van der Waals surface area contributed by atoms with Crippen LogP contribution in [0, 0.1) is 11.8 Å². The van der Waals surface area contributed by atoms with Crippen molar-refractivity contribution in [3.05, 3.63) is 36.5 Å². The molecule has 17 heavy (non-hydrogen) atoms. The summed E-state index contributed by atoms with van der Waals surface area (Å²) in [5.74, 6) is 1.24. The maximum Gasteiger partial charge on any atom is -0.0173 e. The standard InChI is InChI=1S/C17H30/c1-6-7-8-9-10-11-12-13-14-16(4)17(5)15(2)3/h11-15,17H,4,6-10H2,1-3,5H3/b12-11-,14-13-. The van der Waals surface area contributed by atoms with Crippen LogP contribution in [0.4, 0.5) is 0 Å². The highest BCUT2D eigenvalue weighted by atomic mass is 14.1. The van der Waals surface area contributed by atoms with E-state index in [2.05, 4.69) is 58.6 Å². The van der Waals surface area contributed by atoms with E-state index in [4.69, 9.17) is 0 Å². The lowest BCUT2D eigenvalue weighted by atomic mass is 9.91. The second-order valence-electron chi connectivity index (χ2n) is 5.24. The van der Waals surface area contributed by atoms with Crippen LogP contribution in [0.25, 0.3) is 0 Å². The van der Waals surface area contributed by atoms with Gasteiger partial charge in [0.15, 0.2) is 0 Å². The van der Waals surface area contributed by atoms with Gasteiger partial charge in [-0.3, -0.25) is 0 Å². The normalized spacial score (nSPS) is 13.9. The molecule has 0 saturated heterocycles. The molecule has 0 saturated carbocycles. The third-order valence-corrected chi connectivity index (χ3v) is 3.37. The van der Waals surface area contributed by atoms with Crippen molar-refractivity contribution < 1.29 is 0 Å². The Morgan fingerprint density at radius 1 is 1.06 bits per heavy atom. The Bertz CT molecular complexity index is 243. The molecule has 1 unspecified atom stereocenters. The zero-order chi connectivity index (χ0) is 13.1. The van der Waals surface area contributed by atoms with Crippen LogP contribution in [0.5, 0.6) is 0 Å². The van der Waals surface area contributed by atoms with Crippen LogP contribution < -0.4 is 0 Å². The Kier molecular flexibility index (Phi) is 9.90. The van der Waals surface area contributed by atoms with E-state index in [1.54, 1.807) is 0 Å². The highest BCUT2D eigenvalue weighted by Crippen LogP contribution is 2.18. The molecule has 98 valence electrons. The van der Waals surface area contributed by atoms with E-state index >= 15 is 0 Å². The molecule has 0 amide bonds. The quantitative estimate of drug-likeness (QED) is 0.343. The number of hydrogen-bond acceptors (Lipinski definition) is 0. The molecule has 0 fully saturated rings. The Labute approximate surface area is 109 Å². The van der Waals surface area contributed by atoms with Gasteiger partial charge in [-0.05, 0) is 24.7 Å². The molecular weight excluding hydrogens is 204 g/mol. The lowest BCUT2D eigenvalue weighted by Gasteiger charge is -2.15. The van der Waals surface area contributed by atoms with Gasteiger partial charge in [0.05, 0.1) is 0 Å². The maximum atomic E-state index is 4.11. The summed E-state index contributed by atoms with van der Waals surface area (Å²) in [6.45, 7) is 13.1. The molecule has 0 radical (unpaired) electrons. The summed E-state index contributed by atoms with van der Waals surface area (Å²) in [4.78, 5) is 0. The Balaban J connectivity index is 3.72. The first-order chi connectivity index (χ1) is 8.09. The van der Waals surface area contributed by atoms with Gasteiger partial charge in [0.1, 0.15) is 0 Å². The average Bonchev–Trinajstić information content (AvgIpc) is 2.31. The van der Waals surface area contributed by atoms with Gasteiger partial charge in [-0.2, -0.15) is 0 Å². The fourth-order valence-electron chi connectivity index (χ4n) is 1.62. The summed E-state index contributed by atoms with van der Waals surface area (Å²) in [5.41, 5.74) is 1.23. The van der Waals surface area contributed by atoms with Gasteiger partial charge in [-0.25, -0.2) is 0 Å². The highest BCUT2D eigenvalue weighted by molar-refractivity contribution is 5.21. The summed E-state index contributed by atoms with van der Waals surface area (Å²) >= 11 is 0. The first-order valence-corrected chi connectivity index (χ1v) is 7.11. The monoisotopic (exact) mass is 234 g/mol. The summed E-state index contributed by atoms with van der Waals surface area (Å²) in [6, 6.07) is 0. The predicted octanol–water partition coefficient (Wildman–Crippen LogP) is 5.92. The van der Waals surface area contributed by atoms with Gasteiger partial charge in [-0.1, -0.05) is 83.4 Å². The van der Waals surface area contributed by atoms with Crippen molar-refractivity contribution in [2.24, 2.45) is 11.8 Å². The minimum Gasteiger partial charge on any atom is -0.0955 e. The molecule has 0 aromatic rings. The van der Waals surface area contributed by atoms with Crippen molar-refractivity contribution in [1.29, 1.82) is 0 Å². The lowest BCUT2D eigenvalue weighted by molar-refractivity contribution is 0.489. The third kappa shape index (κ3) is 8.97. The molecule has 1 atom stereocenters. The van der Waals surface area contributed by atoms with Crippen LogP contribution in [0.3, 0.4) is 0 Å². The van der Waals surface area contributed by atoms with E-state index in [0.29, 0.717) is 11.8 Å². The Morgan fingerprint density at radius 3 is 2.35 bits per heavy atom. The average molecular weight is 234 g/mol. The molecule has 0 rings (SSSR count). The van der Waals surface area contributed by atoms with Crippen LogP contribution in [0.1, 0.15) is 59.8 Å². The van der Waals surface area contributed by atoms with Crippen molar-refractivity contribution in [1.82, 2.24) is 0 Å². The van der Waals surface area contributed by atoms with Crippen LogP contribution in [0.2, 0.25) is 0 Å². The van der Waals surface area contributed by atoms with Gasteiger partial charge in [0.2, 0.25) is 0 Å². The molecule has 0 aliphatic carbocycles. The molecule has 0 aromatic carbocycles. The van der Waals surface area contributed by atoms with Crippen LogP contribution in [-0.2, 0) is 0 Å². The van der Waals surface area contributed by atoms with Gasteiger partial charge < -0.3 is 0 Å². The van der Waals surface area contributed by atoms with Crippen molar-refractivity contribution in [2.75, 3.05) is 0 Å². The second-order valence-corrected chi connectivity index (χ2v) is 5.24. The molecule has 0 aliphatic heterocycles. The molecule has 0 N–H and O–H groups in total. The van der Waals surface area contributed by atoms with Crippen molar-refractivity contribution in [3.63, 3.8) is 0 Å². The SMILES string of the molecule is C=C(/C=C\C=C/CCCCCC)C(C)C(C)C. The zero-order valence-corrected chi connectivity index (χ0v) is 12.2. The first-order valence-electron chi connectivity index (χ1n) is 7.11. The summed E-state index contributed by atoms with van der Waals surface area (Å²) in [5, 5.41) is 0. The molecular formula is C17H30. The fourth-order valence-corrected chi connectivity index (χ4v) is 1.62. The minimum atomic E-state index is 0.573. The van der Waals surface area contributed by atoms with Crippen molar-refractivity contribution >= 4 is 0 Å². The van der Waals surface area contributed by atoms with Gasteiger partial charge in [0, 0.05) is 0 Å². The zero-order valence-electron chi connectivity index (χ0n) is 12.2. The number of allylic oxidation sites excluding steroid dienone is 5. The summed E-state index contributed by atoms with van der Waals surface area (Å²) in [6.07, 6.45) is 15.3. The molecule has 0 aromatic heterocycles. The smallest absolute Gasteiger partial charge is 0.0173 e. The highest BCUT2D eigenvalue weighted by Gasteiger charge is 2.07. The van der Waals surface area contributed by atoms with E-state index in [0.717, 1.165) is 0 Å². The molecule has 0 spiro atoms. The molecule has 0 nitrogen and oxygen atoms in total. The van der Waals surface area contributed by atoms with E-state index in [1.807, 2.05) is 0 Å². The van der Waals surface area contributed by atoms with Crippen molar-refractivity contribution in [3.8, 4) is 0 Å². The summed E-state index contributed by atoms with van der Waals surface area (Å²) in [7, 11) is 0. The first kappa shape index (κ1) is 16.2. The number of rotatable bonds is 9. The molecule has 0 heteroatoms. The van der Waals surface area contributed by atoms with Crippen LogP contribution >= 0.6 is 0 Å². The Hall–Kier alpha value is -0.780. The fraction of sp³-hybridized carbons (Fsp3) is 0.647. The third-order valence-electron chi connectivity index (χ3n) is 3.37. The topological polar surface area (TPSA) is 0 Å². The number of unbranched alkanes of at least 4 members (excludes halogenated alkanes) is 4. The van der Waals surface area contributed by atoms with Gasteiger partial charge >= 0.3 is 0 Å². The molecule has 0 bridgehead atoms. The van der Waals surface area contributed by atoms with E-state index in [1.165, 1.54) is 37.7 Å². The van der Waals surface area contributed by atoms with Gasteiger partial charge in [0.25, 0.3) is 0 Å². The van der Waals surface area contributed by atoms with Crippen LogP contribution in [-0.4, -0.2) is 0 Å². The van der Waals surface area contributed by atoms with E-state index in [-0.39, 0.29) is 0 Å². The summed E-state index contributed by atoms with van der Waals surface area (Å²) < 4.78 is 0. The van der Waals surface area contributed by atoms with E-state index < -0.39 is 0 Å². The largest absolute Gasteiger partial charge is 0.0955 e. The van der Waals surface area contributed by atoms with Crippen molar-refractivity contribution in [2.45, 2.75) is 59.8 Å². The van der Waals surface area contributed by atoms with Crippen LogP contribution in [0.15, 0.2) is 36.5 Å². The molecule has 0 aliphatic rings. The van der Waals surface area contributed by atoms with Gasteiger partial charge in [-0.15, -0.1) is 0 Å². The number of hydrogen-bond donors (Lipinski definition) is 0. The molecule has 0 heterocycles. The predicted molar refractivity (Wildman–Crippen MR) is 80.2 cm³/mol. The lowest BCUT2D eigenvalue weighted by Crippen LogP contribution is -2.04. The Morgan fingerprint density at radius 2 is 1.76 bits per heavy atom.